The predicted molar refractivity (Wildman–Crippen MR) is 62.2 cm³/mol. The number of methoxy groups -OCH3 is 1. The summed E-state index contributed by atoms with van der Waals surface area (Å²) in [4.78, 5) is 0. The van der Waals surface area contributed by atoms with E-state index in [1.54, 1.807) is 19.2 Å². The minimum atomic E-state index is -0.194. The van der Waals surface area contributed by atoms with Crippen LogP contribution >= 0.6 is 0 Å². The second-order valence-electron chi connectivity index (χ2n) is 3.66. The van der Waals surface area contributed by atoms with E-state index in [9.17, 15) is 4.39 Å². The van der Waals surface area contributed by atoms with Gasteiger partial charge in [0.25, 0.3) is 0 Å². The summed E-state index contributed by atoms with van der Waals surface area (Å²) in [7, 11) is 1.64. The van der Waals surface area contributed by atoms with Gasteiger partial charge < -0.3 is 4.74 Å². The van der Waals surface area contributed by atoms with Crippen LogP contribution in [-0.4, -0.2) is 7.11 Å². The van der Waals surface area contributed by atoms with Crippen LogP contribution in [-0.2, 0) is 6.42 Å². The zero-order valence-electron chi connectivity index (χ0n) is 9.11. The van der Waals surface area contributed by atoms with Crippen molar-refractivity contribution in [2.24, 2.45) is 0 Å². The van der Waals surface area contributed by atoms with E-state index >= 15 is 0 Å². The molecule has 0 unspecified atom stereocenters. The molecule has 0 saturated carbocycles. The SMILES string of the molecule is COc1cccc(Cc2cccc(F)c2)c1. The van der Waals surface area contributed by atoms with E-state index in [-0.39, 0.29) is 5.82 Å². The maximum atomic E-state index is 13.0. The summed E-state index contributed by atoms with van der Waals surface area (Å²) in [6.07, 6.45) is 0.717. The first-order valence-corrected chi connectivity index (χ1v) is 5.15. The Hall–Kier alpha value is -1.83. The molecule has 82 valence electrons. The van der Waals surface area contributed by atoms with Crippen molar-refractivity contribution in [3.8, 4) is 5.75 Å². The Labute approximate surface area is 94.5 Å². The van der Waals surface area contributed by atoms with Crippen LogP contribution in [0, 0.1) is 5.82 Å². The minimum absolute atomic E-state index is 0.194. The lowest BCUT2D eigenvalue weighted by atomic mass is 10.0. The largest absolute Gasteiger partial charge is 0.497 e. The quantitative estimate of drug-likeness (QED) is 0.763. The van der Waals surface area contributed by atoms with Crippen molar-refractivity contribution in [2.75, 3.05) is 7.11 Å². The highest BCUT2D eigenvalue weighted by molar-refractivity contribution is 5.32. The number of ether oxygens (including phenoxy) is 1. The molecule has 2 aromatic rings. The lowest BCUT2D eigenvalue weighted by Gasteiger charge is -2.04. The molecule has 0 atom stereocenters. The van der Waals surface area contributed by atoms with Gasteiger partial charge >= 0.3 is 0 Å². The zero-order chi connectivity index (χ0) is 11.4. The first-order valence-electron chi connectivity index (χ1n) is 5.15. The molecule has 0 bridgehead atoms. The van der Waals surface area contributed by atoms with Crippen LogP contribution in [0.2, 0.25) is 0 Å². The van der Waals surface area contributed by atoms with Gasteiger partial charge in [-0.1, -0.05) is 24.3 Å². The Morgan fingerprint density at radius 1 is 1.00 bits per heavy atom. The van der Waals surface area contributed by atoms with Crippen molar-refractivity contribution in [3.05, 3.63) is 65.5 Å². The zero-order valence-corrected chi connectivity index (χ0v) is 9.11. The summed E-state index contributed by atoms with van der Waals surface area (Å²) in [6.45, 7) is 0. The van der Waals surface area contributed by atoms with Gasteiger partial charge in [-0.3, -0.25) is 0 Å². The van der Waals surface area contributed by atoms with Gasteiger partial charge in [0.2, 0.25) is 0 Å². The highest BCUT2D eigenvalue weighted by atomic mass is 19.1. The van der Waals surface area contributed by atoms with E-state index in [4.69, 9.17) is 4.74 Å². The maximum absolute atomic E-state index is 13.0. The van der Waals surface area contributed by atoms with Crippen LogP contribution in [0.5, 0.6) is 5.75 Å². The molecule has 0 amide bonds. The number of benzene rings is 2. The monoisotopic (exact) mass is 216 g/mol. The fraction of sp³-hybridized carbons (Fsp3) is 0.143. The maximum Gasteiger partial charge on any atom is 0.123 e. The van der Waals surface area contributed by atoms with E-state index in [0.29, 0.717) is 0 Å². The smallest absolute Gasteiger partial charge is 0.123 e. The van der Waals surface area contributed by atoms with Crippen LogP contribution in [0.15, 0.2) is 48.5 Å². The van der Waals surface area contributed by atoms with Crippen molar-refractivity contribution >= 4 is 0 Å². The fourth-order valence-electron chi connectivity index (χ4n) is 1.67. The molecule has 2 rings (SSSR count). The highest BCUT2D eigenvalue weighted by Gasteiger charge is 1.99. The molecule has 0 spiro atoms. The second kappa shape index (κ2) is 4.79. The van der Waals surface area contributed by atoms with Crippen molar-refractivity contribution in [1.29, 1.82) is 0 Å². The molecule has 0 aliphatic carbocycles. The standard InChI is InChI=1S/C14H13FO/c1-16-14-7-3-5-12(10-14)8-11-4-2-6-13(15)9-11/h2-7,9-10H,8H2,1H3. The van der Waals surface area contributed by atoms with Crippen LogP contribution < -0.4 is 4.74 Å². The lowest BCUT2D eigenvalue weighted by Crippen LogP contribution is -1.90. The molecule has 1 nitrogen and oxygen atoms in total. The van der Waals surface area contributed by atoms with E-state index in [2.05, 4.69) is 0 Å². The van der Waals surface area contributed by atoms with Gasteiger partial charge in [0.15, 0.2) is 0 Å². The summed E-state index contributed by atoms with van der Waals surface area (Å²) in [5, 5.41) is 0. The third kappa shape index (κ3) is 2.60. The molecule has 0 aromatic heterocycles. The normalized spacial score (nSPS) is 10.1. The van der Waals surface area contributed by atoms with Gasteiger partial charge in [-0.25, -0.2) is 4.39 Å². The molecular weight excluding hydrogens is 203 g/mol. The molecule has 0 aliphatic heterocycles. The summed E-state index contributed by atoms with van der Waals surface area (Å²) in [5.41, 5.74) is 2.08. The summed E-state index contributed by atoms with van der Waals surface area (Å²) in [6, 6.07) is 14.5. The average molecular weight is 216 g/mol. The first-order chi connectivity index (χ1) is 7.78. The summed E-state index contributed by atoms with van der Waals surface area (Å²) < 4.78 is 18.1. The lowest BCUT2D eigenvalue weighted by molar-refractivity contribution is 0.414. The van der Waals surface area contributed by atoms with Crippen LogP contribution in [0.25, 0.3) is 0 Å². The summed E-state index contributed by atoms with van der Waals surface area (Å²) in [5.74, 6) is 0.634. The van der Waals surface area contributed by atoms with Crippen LogP contribution in [0.4, 0.5) is 4.39 Å². The van der Waals surface area contributed by atoms with Gasteiger partial charge in [0, 0.05) is 0 Å². The Morgan fingerprint density at radius 3 is 2.38 bits per heavy atom. The van der Waals surface area contributed by atoms with E-state index in [0.717, 1.165) is 23.3 Å². The molecule has 0 saturated heterocycles. The van der Waals surface area contributed by atoms with E-state index in [1.165, 1.54) is 6.07 Å². The van der Waals surface area contributed by atoms with E-state index < -0.39 is 0 Å². The average Bonchev–Trinajstić information content (AvgIpc) is 2.29. The molecule has 0 radical (unpaired) electrons. The van der Waals surface area contributed by atoms with E-state index in [1.807, 2.05) is 30.3 Å². The van der Waals surface area contributed by atoms with Gasteiger partial charge in [0.05, 0.1) is 7.11 Å². The molecule has 0 aliphatic rings. The van der Waals surface area contributed by atoms with Crippen molar-refractivity contribution in [2.45, 2.75) is 6.42 Å². The Kier molecular flexibility index (Phi) is 3.20. The number of hydrogen-bond acceptors (Lipinski definition) is 1. The minimum Gasteiger partial charge on any atom is -0.497 e. The summed E-state index contributed by atoms with van der Waals surface area (Å²) >= 11 is 0. The first kappa shape index (κ1) is 10.7. The molecule has 0 heterocycles. The molecule has 0 fully saturated rings. The van der Waals surface area contributed by atoms with Gasteiger partial charge in [-0.15, -0.1) is 0 Å². The molecule has 16 heavy (non-hydrogen) atoms. The Morgan fingerprint density at radius 2 is 1.69 bits per heavy atom. The molecule has 0 N–H and O–H groups in total. The predicted octanol–water partition coefficient (Wildman–Crippen LogP) is 3.43. The van der Waals surface area contributed by atoms with Crippen molar-refractivity contribution < 1.29 is 9.13 Å². The van der Waals surface area contributed by atoms with Gasteiger partial charge in [-0.2, -0.15) is 0 Å². The third-order valence-corrected chi connectivity index (χ3v) is 2.43. The topological polar surface area (TPSA) is 9.23 Å². The number of rotatable bonds is 3. The van der Waals surface area contributed by atoms with Crippen LogP contribution in [0.3, 0.4) is 0 Å². The highest BCUT2D eigenvalue weighted by Crippen LogP contribution is 2.16. The Bertz CT molecular complexity index is 480. The van der Waals surface area contributed by atoms with Crippen LogP contribution in [0.1, 0.15) is 11.1 Å². The third-order valence-electron chi connectivity index (χ3n) is 2.43. The van der Waals surface area contributed by atoms with Crippen molar-refractivity contribution in [3.63, 3.8) is 0 Å². The Balaban J connectivity index is 2.20. The number of hydrogen-bond donors (Lipinski definition) is 0. The molecule has 2 aromatic carbocycles. The second-order valence-corrected chi connectivity index (χ2v) is 3.66. The van der Waals surface area contributed by atoms with Gasteiger partial charge in [-0.05, 0) is 41.8 Å². The molecular formula is C14H13FO. The molecule has 2 heteroatoms. The fourth-order valence-corrected chi connectivity index (χ4v) is 1.67. The van der Waals surface area contributed by atoms with Gasteiger partial charge in [0.1, 0.15) is 11.6 Å². The van der Waals surface area contributed by atoms with Crippen molar-refractivity contribution in [1.82, 2.24) is 0 Å². The number of halogens is 1.